The molecule has 0 fully saturated rings. The summed E-state index contributed by atoms with van der Waals surface area (Å²) < 4.78 is 10.4. The van der Waals surface area contributed by atoms with E-state index in [1.165, 1.54) is 0 Å². The zero-order chi connectivity index (χ0) is 16.7. The van der Waals surface area contributed by atoms with E-state index in [0.717, 1.165) is 5.56 Å². The third kappa shape index (κ3) is 5.38. The minimum atomic E-state index is -0.492. The highest BCUT2D eigenvalue weighted by atomic mass is 35.5. The Morgan fingerprint density at radius 1 is 1.13 bits per heavy atom. The van der Waals surface area contributed by atoms with Crippen LogP contribution in [0.2, 0.25) is 5.15 Å². The molecule has 0 N–H and O–H groups in total. The molecule has 2 aromatic rings. The second kappa shape index (κ2) is 8.29. The van der Waals surface area contributed by atoms with Crippen LogP contribution < -0.4 is 4.74 Å². The molecule has 0 aliphatic carbocycles. The van der Waals surface area contributed by atoms with Gasteiger partial charge >= 0.3 is 5.97 Å². The number of Topliss-reactive ketones (excluding diaryl/α,β-unsaturated/α-hetero) is 1. The van der Waals surface area contributed by atoms with E-state index in [2.05, 4.69) is 4.98 Å². The lowest BCUT2D eigenvalue weighted by molar-refractivity contribution is -0.147. The molecule has 0 unspecified atom stereocenters. The van der Waals surface area contributed by atoms with Crippen molar-refractivity contribution in [1.82, 2.24) is 4.98 Å². The molecule has 0 bridgehead atoms. The Hall–Kier alpha value is -2.40. The highest BCUT2D eigenvalue weighted by Crippen LogP contribution is 2.13. The molecule has 0 radical (unpaired) electrons. The lowest BCUT2D eigenvalue weighted by atomic mass is 10.1. The van der Waals surface area contributed by atoms with Crippen molar-refractivity contribution < 1.29 is 19.1 Å². The molecule has 0 saturated heterocycles. The molecule has 1 heterocycles. The van der Waals surface area contributed by atoms with Gasteiger partial charge in [-0.05, 0) is 30.3 Å². The maximum Gasteiger partial charge on any atom is 0.344 e. The van der Waals surface area contributed by atoms with Crippen LogP contribution in [-0.2, 0) is 16.1 Å². The van der Waals surface area contributed by atoms with Crippen LogP contribution in [0.1, 0.15) is 29.3 Å². The van der Waals surface area contributed by atoms with Crippen LogP contribution in [0.3, 0.4) is 0 Å². The van der Waals surface area contributed by atoms with E-state index in [4.69, 9.17) is 21.1 Å². The van der Waals surface area contributed by atoms with Gasteiger partial charge in [0.1, 0.15) is 17.5 Å². The summed E-state index contributed by atoms with van der Waals surface area (Å²) >= 11 is 5.67. The number of aromatic nitrogens is 1. The topological polar surface area (TPSA) is 65.5 Å². The number of hydrogen-bond donors (Lipinski definition) is 0. The predicted octanol–water partition coefficient (Wildman–Crippen LogP) is 3.45. The second-order valence-corrected chi connectivity index (χ2v) is 5.13. The molecular formula is C17H16ClNO4. The zero-order valence-electron chi connectivity index (χ0n) is 12.6. The van der Waals surface area contributed by atoms with E-state index < -0.39 is 5.97 Å². The monoisotopic (exact) mass is 333 g/mol. The molecule has 120 valence electrons. The lowest BCUT2D eigenvalue weighted by Crippen LogP contribution is -2.14. The Bertz CT molecular complexity index is 668. The van der Waals surface area contributed by atoms with Crippen molar-refractivity contribution in [3.8, 4) is 5.75 Å². The number of nitrogens with zero attached hydrogens (tertiary/aromatic N) is 1. The summed E-state index contributed by atoms with van der Waals surface area (Å²) in [6.07, 6.45) is 1.99. The third-order valence-electron chi connectivity index (χ3n) is 3.04. The minimum Gasteiger partial charge on any atom is -0.482 e. The van der Waals surface area contributed by atoms with Gasteiger partial charge in [-0.15, -0.1) is 0 Å². The van der Waals surface area contributed by atoms with Crippen molar-refractivity contribution >= 4 is 23.4 Å². The van der Waals surface area contributed by atoms with Crippen molar-refractivity contribution in [2.45, 2.75) is 20.0 Å². The summed E-state index contributed by atoms with van der Waals surface area (Å²) in [6.45, 7) is 1.71. The van der Waals surface area contributed by atoms with Crippen molar-refractivity contribution in [3.63, 3.8) is 0 Å². The maximum absolute atomic E-state index is 11.6. The third-order valence-corrected chi connectivity index (χ3v) is 3.27. The van der Waals surface area contributed by atoms with Crippen LogP contribution in [0, 0.1) is 0 Å². The molecule has 0 aliphatic heterocycles. The Morgan fingerprint density at radius 3 is 2.48 bits per heavy atom. The number of carbonyl (C=O) groups excluding carboxylic acids is 2. The van der Waals surface area contributed by atoms with Gasteiger partial charge in [0.05, 0.1) is 0 Å². The summed E-state index contributed by atoms with van der Waals surface area (Å²) in [5, 5.41) is 0.383. The van der Waals surface area contributed by atoms with Gasteiger partial charge in [-0.1, -0.05) is 24.6 Å². The summed E-state index contributed by atoms with van der Waals surface area (Å²) in [7, 11) is 0. The van der Waals surface area contributed by atoms with Gasteiger partial charge in [0.25, 0.3) is 0 Å². The fraction of sp³-hybridized carbons (Fsp3) is 0.235. The smallest absolute Gasteiger partial charge is 0.344 e. The van der Waals surface area contributed by atoms with Crippen LogP contribution >= 0.6 is 11.6 Å². The minimum absolute atomic E-state index is 0.0625. The van der Waals surface area contributed by atoms with Gasteiger partial charge in [-0.3, -0.25) is 4.79 Å². The first kappa shape index (κ1) is 17.0. The molecule has 1 aromatic heterocycles. The average Bonchev–Trinajstić information content (AvgIpc) is 2.59. The quantitative estimate of drug-likeness (QED) is 0.441. The standard InChI is InChI=1S/C17H16ClNO4/c1-2-15(20)13-4-6-14(7-5-13)22-11-17(21)23-10-12-3-8-16(18)19-9-12/h3-9H,2,10-11H2,1H3. The summed E-state index contributed by atoms with van der Waals surface area (Å²) in [4.78, 5) is 27.0. The number of ketones is 1. The molecule has 5 nitrogen and oxygen atoms in total. The van der Waals surface area contributed by atoms with Crippen LogP contribution in [0.5, 0.6) is 5.75 Å². The maximum atomic E-state index is 11.6. The Labute approximate surface area is 139 Å². The van der Waals surface area contributed by atoms with Gasteiger partial charge in [-0.25, -0.2) is 9.78 Å². The number of hydrogen-bond acceptors (Lipinski definition) is 5. The SMILES string of the molecule is CCC(=O)c1ccc(OCC(=O)OCc2ccc(Cl)nc2)cc1. The Morgan fingerprint density at radius 2 is 1.87 bits per heavy atom. The van der Waals surface area contributed by atoms with Crippen LogP contribution in [-0.4, -0.2) is 23.3 Å². The number of pyridine rings is 1. The number of halogens is 1. The molecule has 0 spiro atoms. The molecule has 0 aliphatic rings. The zero-order valence-corrected chi connectivity index (χ0v) is 13.4. The number of rotatable bonds is 7. The van der Waals surface area contributed by atoms with E-state index >= 15 is 0 Å². The van der Waals surface area contributed by atoms with E-state index in [0.29, 0.717) is 22.9 Å². The largest absolute Gasteiger partial charge is 0.482 e. The predicted molar refractivity (Wildman–Crippen MR) is 85.6 cm³/mol. The van der Waals surface area contributed by atoms with Crippen LogP contribution in [0.4, 0.5) is 0 Å². The number of esters is 1. The molecule has 0 amide bonds. The highest BCUT2D eigenvalue weighted by molar-refractivity contribution is 6.29. The Kier molecular flexibility index (Phi) is 6.11. The van der Waals surface area contributed by atoms with Crippen molar-refractivity contribution in [1.29, 1.82) is 0 Å². The van der Waals surface area contributed by atoms with E-state index in [-0.39, 0.29) is 19.0 Å². The van der Waals surface area contributed by atoms with Crippen molar-refractivity contribution in [2.24, 2.45) is 0 Å². The Balaban J connectivity index is 1.77. The first-order valence-electron chi connectivity index (χ1n) is 7.10. The fourth-order valence-corrected chi connectivity index (χ4v) is 1.89. The van der Waals surface area contributed by atoms with Crippen molar-refractivity contribution in [2.75, 3.05) is 6.61 Å². The lowest BCUT2D eigenvalue weighted by Gasteiger charge is -2.07. The van der Waals surface area contributed by atoms with Crippen LogP contribution in [0.15, 0.2) is 42.6 Å². The molecule has 2 rings (SSSR count). The summed E-state index contributed by atoms with van der Waals surface area (Å²) in [5.74, 6) is 0.0731. The number of ether oxygens (including phenoxy) is 2. The molecule has 0 atom stereocenters. The second-order valence-electron chi connectivity index (χ2n) is 4.74. The van der Waals surface area contributed by atoms with Gasteiger partial charge in [0, 0.05) is 23.7 Å². The molecule has 0 saturated carbocycles. The molecule has 6 heteroatoms. The van der Waals surface area contributed by atoms with Gasteiger partial charge in [-0.2, -0.15) is 0 Å². The first-order valence-corrected chi connectivity index (χ1v) is 7.48. The molecule has 23 heavy (non-hydrogen) atoms. The molecule has 1 aromatic carbocycles. The number of carbonyl (C=O) groups is 2. The summed E-state index contributed by atoms with van der Waals surface area (Å²) in [6, 6.07) is 10.0. The van der Waals surface area contributed by atoms with Crippen LogP contribution in [0.25, 0.3) is 0 Å². The van der Waals surface area contributed by atoms with Gasteiger partial charge < -0.3 is 9.47 Å². The first-order chi connectivity index (χ1) is 11.1. The van der Waals surface area contributed by atoms with E-state index in [9.17, 15) is 9.59 Å². The summed E-state index contributed by atoms with van der Waals surface area (Å²) in [5.41, 5.74) is 1.36. The number of benzene rings is 1. The normalized spacial score (nSPS) is 10.2. The molecular weight excluding hydrogens is 318 g/mol. The van der Waals surface area contributed by atoms with Gasteiger partial charge in [0.2, 0.25) is 0 Å². The average molecular weight is 334 g/mol. The van der Waals surface area contributed by atoms with E-state index in [1.54, 1.807) is 49.5 Å². The van der Waals surface area contributed by atoms with Crippen molar-refractivity contribution in [3.05, 3.63) is 58.9 Å². The van der Waals surface area contributed by atoms with E-state index in [1.807, 2.05) is 0 Å². The highest BCUT2D eigenvalue weighted by Gasteiger charge is 2.07. The van der Waals surface area contributed by atoms with Gasteiger partial charge in [0.15, 0.2) is 12.4 Å². The fourth-order valence-electron chi connectivity index (χ4n) is 1.78.